The Morgan fingerprint density at radius 3 is 2.39 bits per heavy atom. The minimum atomic E-state index is 0.827. The Morgan fingerprint density at radius 1 is 0.957 bits per heavy atom. The van der Waals surface area contributed by atoms with Crippen LogP contribution in [0.3, 0.4) is 0 Å². The van der Waals surface area contributed by atoms with Crippen molar-refractivity contribution >= 4 is 27.8 Å². The standard InChI is InChI=1S/C18H23N5/c1-12-13(2)21-17-16(20-12)14-8-5-6-9-15(14)22-18(17)19-10-7-11-23(3)4/h5-6,8-9H,7,10-11H2,1-4H3,(H,19,22). The van der Waals surface area contributed by atoms with Crippen LogP contribution in [-0.2, 0) is 0 Å². The van der Waals surface area contributed by atoms with E-state index in [2.05, 4.69) is 30.4 Å². The molecule has 2 heterocycles. The molecular formula is C18H23N5. The summed E-state index contributed by atoms with van der Waals surface area (Å²) in [5.41, 5.74) is 4.65. The van der Waals surface area contributed by atoms with Crippen molar-refractivity contribution in [3.8, 4) is 0 Å². The van der Waals surface area contributed by atoms with Crippen LogP contribution in [0.15, 0.2) is 24.3 Å². The smallest absolute Gasteiger partial charge is 0.154 e. The van der Waals surface area contributed by atoms with Crippen molar-refractivity contribution in [2.75, 3.05) is 32.5 Å². The summed E-state index contributed by atoms with van der Waals surface area (Å²) in [4.78, 5) is 16.5. The molecule has 23 heavy (non-hydrogen) atoms. The van der Waals surface area contributed by atoms with Gasteiger partial charge in [0.1, 0.15) is 11.0 Å². The number of aryl methyl sites for hydroxylation is 2. The molecule has 5 nitrogen and oxygen atoms in total. The maximum atomic E-state index is 4.77. The fourth-order valence-corrected chi connectivity index (χ4v) is 2.63. The minimum Gasteiger partial charge on any atom is -0.368 e. The van der Waals surface area contributed by atoms with Gasteiger partial charge in [0.2, 0.25) is 0 Å². The van der Waals surface area contributed by atoms with Crippen LogP contribution in [0.1, 0.15) is 17.8 Å². The molecule has 3 aromatic rings. The lowest BCUT2D eigenvalue weighted by Crippen LogP contribution is -2.17. The summed E-state index contributed by atoms with van der Waals surface area (Å²) in [6, 6.07) is 8.11. The second-order valence-electron chi connectivity index (χ2n) is 6.15. The van der Waals surface area contributed by atoms with Crippen molar-refractivity contribution in [3.05, 3.63) is 35.7 Å². The number of para-hydroxylation sites is 1. The van der Waals surface area contributed by atoms with E-state index in [1.165, 1.54) is 0 Å². The molecule has 0 aliphatic carbocycles. The number of nitrogens with zero attached hydrogens (tertiary/aromatic N) is 4. The summed E-state index contributed by atoms with van der Waals surface area (Å²) in [5, 5.41) is 4.49. The first-order valence-corrected chi connectivity index (χ1v) is 7.98. The van der Waals surface area contributed by atoms with Gasteiger partial charge in [0.05, 0.1) is 16.9 Å². The molecule has 1 N–H and O–H groups in total. The number of anilines is 1. The van der Waals surface area contributed by atoms with Gasteiger partial charge in [0, 0.05) is 11.9 Å². The SMILES string of the molecule is Cc1nc2c(NCCCN(C)C)nc3ccccc3c2nc1C. The van der Waals surface area contributed by atoms with Crippen LogP contribution in [-0.4, -0.2) is 47.0 Å². The largest absolute Gasteiger partial charge is 0.368 e. The Kier molecular flexibility index (Phi) is 4.39. The van der Waals surface area contributed by atoms with Crippen molar-refractivity contribution in [1.82, 2.24) is 19.9 Å². The molecule has 0 atom stereocenters. The highest BCUT2D eigenvalue weighted by molar-refractivity contribution is 6.06. The van der Waals surface area contributed by atoms with Gasteiger partial charge < -0.3 is 10.2 Å². The average molecular weight is 309 g/mol. The Balaban J connectivity index is 2.05. The predicted octanol–water partition coefficient (Wildman–Crippen LogP) is 3.16. The van der Waals surface area contributed by atoms with Crippen LogP contribution in [0.5, 0.6) is 0 Å². The molecule has 2 aromatic heterocycles. The van der Waals surface area contributed by atoms with E-state index >= 15 is 0 Å². The molecule has 0 aliphatic heterocycles. The summed E-state index contributed by atoms with van der Waals surface area (Å²) < 4.78 is 0. The van der Waals surface area contributed by atoms with Crippen molar-refractivity contribution < 1.29 is 0 Å². The van der Waals surface area contributed by atoms with Crippen LogP contribution in [0, 0.1) is 13.8 Å². The molecule has 120 valence electrons. The molecule has 0 aliphatic rings. The summed E-state index contributed by atoms with van der Waals surface area (Å²) in [6.07, 6.45) is 1.06. The molecule has 0 unspecified atom stereocenters. The molecule has 0 amide bonds. The molecule has 0 bridgehead atoms. The van der Waals surface area contributed by atoms with E-state index in [0.717, 1.165) is 58.7 Å². The van der Waals surface area contributed by atoms with E-state index < -0.39 is 0 Å². The summed E-state index contributed by atoms with van der Waals surface area (Å²) in [7, 11) is 4.17. The fourth-order valence-electron chi connectivity index (χ4n) is 2.63. The number of benzene rings is 1. The van der Waals surface area contributed by atoms with E-state index in [-0.39, 0.29) is 0 Å². The summed E-state index contributed by atoms with van der Waals surface area (Å²) in [6.45, 7) is 5.91. The van der Waals surface area contributed by atoms with Gasteiger partial charge in [0.15, 0.2) is 5.82 Å². The van der Waals surface area contributed by atoms with Gasteiger partial charge in [-0.15, -0.1) is 0 Å². The normalized spacial score (nSPS) is 11.5. The second-order valence-corrected chi connectivity index (χ2v) is 6.15. The van der Waals surface area contributed by atoms with Crippen molar-refractivity contribution in [3.63, 3.8) is 0 Å². The average Bonchev–Trinajstić information content (AvgIpc) is 2.53. The van der Waals surface area contributed by atoms with Gasteiger partial charge in [0.25, 0.3) is 0 Å². The van der Waals surface area contributed by atoms with E-state index in [9.17, 15) is 0 Å². The van der Waals surface area contributed by atoms with E-state index in [1.807, 2.05) is 32.0 Å². The second kappa shape index (κ2) is 6.46. The molecule has 0 radical (unpaired) electrons. The number of aromatic nitrogens is 3. The zero-order valence-electron chi connectivity index (χ0n) is 14.2. The van der Waals surface area contributed by atoms with Crippen molar-refractivity contribution in [2.24, 2.45) is 0 Å². The number of hydrogen-bond donors (Lipinski definition) is 1. The molecular weight excluding hydrogens is 286 g/mol. The third-order valence-corrected chi connectivity index (χ3v) is 4.00. The molecule has 0 saturated carbocycles. The number of pyridine rings is 1. The first-order chi connectivity index (χ1) is 11.1. The maximum absolute atomic E-state index is 4.77. The molecule has 1 aromatic carbocycles. The Morgan fingerprint density at radius 2 is 1.65 bits per heavy atom. The van der Waals surface area contributed by atoms with Crippen molar-refractivity contribution in [2.45, 2.75) is 20.3 Å². The van der Waals surface area contributed by atoms with Gasteiger partial charge in [-0.05, 0) is 47.0 Å². The van der Waals surface area contributed by atoms with Crippen LogP contribution >= 0.6 is 0 Å². The highest BCUT2D eigenvalue weighted by Crippen LogP contribution is 2.27. The molecule has 3 rings (SSSR count). The predicted molar refractivity (Wildman–Crippen MR) is 96.0 cm³/mol. The van der Waals surface area contributed by atoms with Crippen LogP contribution < -0.4 is 5.32 Å². The van der Waals surface area contributed by atoms with Crippen LogP contribution in [0.2, 0.25) is 0 Å². The maximum Gasteiger partial charge on any atom is 0.154 e. The molecule has 0 saturated heterocycles. The van der Waals surface area contributed by atoms with Crippen LogP contribution in [0.4, 0.5) is 5.82 Å². The number of fused-ring (bicyclic) bond motifs is 3. The van der Waals surface area contributed by atoms with Crippen molar-refractivity contribution in [1.29, 1.82) is 0 Å². The van der Waals surface area contributed by atoms with Crippen LogP contribution in [0.25, 0.3) is 21.9 Å². The zero-order valence-corrected chi connectivity index (χ0v) is 14.2. The van der Waals surface area contributed by atoms with Gasteiger partial charge in [-0.2, -0.15) is 0 Å². The summed E-state index contributed by atoms with van der Waals surface area (Å²) in [5.74, 6) is 0.827. The van der Waals surface area contributed by atoms with E-state index in [0.29, 0.717) is 0 Å². The van der Waals surface area contributed by atoms with Gasteiger partial charge >= 0.3 is 0 Å². The minimum absolute atomic E-state index is 0.827. The Hall–Kier alpha value is -2.27. The lowest BCUT2D eigenvalue weighted by atomic mass is 10.1. The highest BCUT2D eigenvalue weighted by Gasteiger charge is 2.12. The number of nitrogens with one attached hydrogen (secondary N) is 1. The lowest BCUT2D eigenvalue weighted by Gasteiger charge is -2.13. The Bertz CT molecular complexity index is 842. The lowest BCUT2D eigenvalue weighted by molar-refractivity contribution is 0.405. The zero-order chi connectivity index (χ0) is 16.4. The molecule has 5 heteroatoms. The van der Waals surface area contributed by atoms with E-state index in [4.69, 9.17) is 15.0 Å². The third-order valence-electron chi connectivity index (χ3n) is 4.00. The number of hydrogen-bond acceptors (Lipinski definition) is 5. The molecule has 0 spiro atoms. The highest BCUT2D eigenvalue weighted by atomic mass is 15.1. The topological polar surface area (TPSA) is 53.9 Å². The fraction of sp³-hybridized carbons (Fsp3) is 0.389. The number of rotatable bonds is 5. The van der Waals surface area contributed by atoms with Gasteiger partial charge in [-0.3, -0.25) is 0 Å². The summed E-state index contributed by atoms with van der Waals surface area (Å²) >= 11 is 0. The molecule has 0 fully saturated rings. The quantitative estimate of drug-likeness (QED) is 0.579. The third kappa shape index (κ3) is 3.24. The van der Waals surface area contributed by atoms with Gasteiger partial charge in [-0.25, -0.2) is 15.0 Å². The van der Waals surface area contributed by atoms with Gasteiger partial charge in [-0.1, -0.05) is 18.2 Å². The Labute approximate surface area is 136 Å². The first-order valence-electron chi connectivity index (χ1n) is 7.98. The monoisotopic (exact) mass is 309 g/mol. The van der Waals surface area contributed by atoms with E-state index in [1.54, 1.807) is 0 Å². The first kappa shape index (κ1) is 15.6.